The van der Waals surface area contributed by atoms with E-state index >= 15 is 0 Å². The van der Waals surface area contributed by atoms with E-state index in [0.29, 0.717) is 0 Å². The molecule has 3 nitrogen and oxygen atoms in total. The maximum absolute atomic E-state index is 12.5. The van der Waals surface area contributed by atoms with Crippen LogP contribution in [-0.2, 0) is 0 Å². The summed E-state index contributed by atoms with van der Waals surface area (Å²) >= 11 is 4.93. The molecular weight excluding hydrogens is 312 g/mol. The molecule has 0 unspecified atom stereocenters. The Labute approximate surface area is 121 Å². The summed E-state index contributed by atoms with van der Waals surface area (Å²) in [5.74, 6) is 0.247. The first-order valence-corrected chi connectivity index (χ1v) is 7.83. The molecule has 0 amide bonds. The number of carbonyl (C=O) groups excluding carboxylic acids is 1. The van der Waals surface area contributed by atoms with Gasteiger partial charge in [-0.05, 0) is 28.1 Å². The molecule has 0 radical (unpaired) electrons. The number of rotatable bonds is 4. The molecule has 0 spiro atoms. The second-order valence-corrected chi connectivity index (χ2v) is 7.81. The molecule has 1 saturated heterocycles. The predicted octanol–water partition coefficient (Wildman–Crippen LogP) is 2.62. The fraction of sp³-hybridized carbons (Fsp3) is 0.615. The van der Waals surface area contributed by atoms with Crippen LogP contribution < -0.4 is 5.32 Å². The number of thiophene rings is 1. The van der Waals surface area contributed by atoms with E-state index in [0.717, 1.165) is 41.4 Å². The highest BCUT2D eigenvalue weighted by Crippen LogP contribution is 2.30. The van der Waals surface area contributed by atoms with Gasteiger partial charge in [0.25, 0.3) is 0 Å². The first-order chi connectivity index (χ1) is 8.49. The molecular formula is C13H19BrN2OS. The minimum atomic E-state index is -0.318. The summed E-state index contributed by atoms with van der Waals surface area (Å²) in [6.07, 6.45) is 0. The van der Waals surface area contributed by atoms with E-state index in [1.807, 2.05) is 26.0 Å². The molecule has 1 N–H and O–H groups in total. The number of hydrogen-bond acceptors (Lipinski definition) is 4. The highest BCUT2D eigenvalue weighted by Gasteiger charge is 2.32. The summed E-state index contributed by atoms with van der Waals surface area (Å²) in [5, 5.41) is 3.33. The van der Waals surface area contributed by atoms with Crippen LogP contribution in [0.5, 0.6) is 0 Å². The van der Waals surface area contributed by atoms with Crippen molar-refractivity contribution in [1.82, 2.24) is 10.2 Å². The normalized spacial score (nSPS) is 17.9. The Morgan fingerprint density at radius 2 is 2.11 bits per heavy atom. The standard InChI is InChI=1S/C13H19BrN2OS/c1-13(2,9-16-7-5-15-6-8-16)12(17)10-3-4-11(14)18-10/h3-4,15H,5-9H2,1-2H3. The monoisotopic (exact) mass is 330 g/mol. The Balaban J connectivity index is 2.02. The number of nitrogens with zero attached hydrogens (tertiary/aromatic N) is 1. The fourth-order valence-electron chi connectivity index (χ4n) is 2.27. The van der Waals surface area contributed by atoms with Crippen LogP contribution in [0.1, 0.15) is 23.5 Å². The Morgan fingerprint density at radius 3 is 2.67 bits per heavy atom. The molecule has 100 valence electrons. The van der Waals surface area contributed by atoms with Crippen molar-refractivity contribution in [2.75, 3.05) is 32.7 Å². The van der Waals surface area contributed by atoms with E-state index in [9.17, 15) is 4.79 Å². The number of Topliss-reactive ketones (excluding diaryl/α,β-unsaturated/α-hetero) is 1. The van der Waals surface area contributed by atoms with E-state index in [1.54, 1.807) is 0 Å². The summed E-state index contributed by atoms with van der Waals surface area (Å²) < 4.78 is 1.02. The van der Waals surface area contributed by atoms with Crippen LogP contribution in [0.4, 0.5) is 0 Å². The third kappa shape index (κ3) is 3.41. The summed E-state index contributed by atoms with van der Waals surface area (Å²) in [6, 6.07) is 3.86. The van der Waals surface area contributed by atoms with Crippen molar-refractivity contribution in [2.24, 2.45) is 5.41 Å². The zero-order chi connectivity index (χ0) is 13.2. The largest absolute Gasteiger partial charge is 0.314 e. The summed E-state index contributed by atoms with van der Waals surface area (Å²) in [6.45, 7) is 9.04. The third-order valence-corrected chi connectivity index (χ3v) is 4.86. The molecule has 1 aromatic heterocycles. The summed E-state index contributed by atoms with van der Waals surface area (Å²) in [4.78, 5) is 15.7. The lowest BCUT2D eigenvalue weighted by molar-refractivity contribution is 0.0756. The van der Waals surface area contributed by atoms with Crippen molar-refractivity contribution in [3.63, 3.8) is 0 Å². The summed E-state index contributed by atoms with van der Waals surface area (Å²) in [5.41, 5.74) is -0.318. The van der Waals surface area contributed by atoms with Crippen molar-refractivity contribution in [2.45, 2.75) is 13.8 Å². The second-order valence-electron chi connectivity index (χ2n) is 5.34. The van der Waals surface area contributed by atoms with Crippen molar-refractivity contribution >= 4 is 33.0 Å². The lowest BCUT2D eigenvalue weighted by atomic mass is 9.86. The van der Waals surface area contributed by atoms with Crippen molar-refractivity contribution in [3.8, 4) is 0 Å². The molecule has 2 heterocycles. The molecule has 1 aromatic rings. The first kappa shape index (κ1) is 14.2. The lowest BCUT2D eigenvalue weighted by Gasteiger charge is -2.34. The number of carbonyl (C=O) groups is 1. The average molecular weight is 331 g/mol. The zero-order valence-corrected chi connectivity index (χ0v) is 13.2. The van der Waals surface area contributed by atoms with E-state index in [1.165, 1.54) is 11.3 Å². The van der Waals surface area contributed by atoms with Gasteiger partial charge >= 0.3 is 0 Å². The number of piperazine rings is 1. The topological polar surface area (TPSA) is 32.3 Å². The number of halogens is 1. The van der Waals surface area contributed by atoms with Gasteiger partial charge < -0.3 is 5.32 Å². The number of hydrogen-bond donors (Lipinski definition) is 1. The van der Waals surface area contributed by atoms with Gasteiger partial charge in [-0.2, -0.15) is 0 Å². The molecule has 0 bridgehead atoms. The zero-order valence-electron chi connectivity index (χ0n) is 10.8. The molecule has 0 aromatic carbocycles. The molecule has 1 fully saturated rings. The Hall–Kier alpha value is -0.230. The Bertz CT molecular complexity index is 424. The summed E-state index contributed by atoms with van der Waals surface area (Å²) in [7, 11) is 0. The van der Waals surface area contributed by atoms with Crippen molar-refractivity contribution < 1.29 is 4.79 Å². The maximum atomic E-state index is 12.5. The molecule has 0 saturated carbocycles. The van der Waals surface area contributed by atoms with Crippen LogP contribution in [-0.4, -0.2) is 43.4 Å². The van der Waals surface area contributed by atoms with Crippen molar-refractivity contribution in [3.05, 3.63) is 20.8 Å². The predicted molar refractivity (Wildman–Crippen MR) is 79.4 cm³/mol. The van der Waals surface area contributed by atoms with E-state index in [-0.39, 0.29) is 11.2 Å². The van der Waals surface area contributed by atoms with Gasteiger partial charge in [0, 0.05) is 38.1 Å². The van der Waals surface area contributed by atoms with Gasteiger partial charge in [0.1, 0.15) is 0 Å². The van der Waals surface area contributed by atoms with E-state index in [2.05, 4.69) is 26.1 Å². The number of nitrogens with one attached hydrogen (secondary N) is 1. The van der Waals surface area contributed by atoms with E-state index < -0.39 is 0 Å². The average Bonchev–Trinajstić information content (AvgIpc) is 2.75. The molecule has 18 heavy (non-hydrogen) atoms. The Morgan fingerprint density at radius 1 is 1.44 bits per heavy atom. The first-order valence-electron chi connectivity index (χ1n) is 6.22. The highest BCUT2D eigenvalue weighted by atomic mass is 79.9. The molecule has 0 atom stereocenters. The molecule has 5 heteroatoms. The Kier molecular flexibility index (Phi) is 4.59. The minimum Gasteiger partial charge on any atom is -0.314 e. The number of ketones is 1. The van der Waals surface area contributed by atoms with Gasteiger partial charge in [0.2, 0.25) is 0 Å². The van der Waals surface area contributed by atoms with Gasteiger partial charge in [-0.25, -0.2) is 0 Å². The third-order valence-electron chi connectivity index (χ3n) is 3.24. The van der Waals surface area contributed by atoms with Gasteiger partial charge in [-0.3, -0.25) is 9.69 Å². The van der Waals surface area contributed by atoms with Crippen LogP contribution in [0.25, 0.3) is 0 Å². The van der Waals surface area contributed by atoms with Crippen molar-refractivity contribution in [1.29, 1.82) is 0 Å². The van der Waals surface area contributed by atoms with Crippen LogP contribution in [0.2, 0.25) is 0 Å². The highest BCUT2D eigenvalue weighted by molar-refractivity contribution is 9.11. The van der Waals surface area contributed by atoms with Gasteiger partial charge in [-0.1, -0.05) is 13.8 Å². The van der Waals surface area contributed by atoms with Gasteiger partial charge in [-0.15, -0.1) is 11.3 Å². The minimum absolute atomic E-state index is 0.247. The van der Waals surface area contributed by atoms with Crippen LogP contribution >= 0.6 is 27.3 Å². The SMILES string of the molecule is CC(C)(CN1CCNCC1)C(=O)c1ccc(Br)s1. The molecule has 2 rings (SSSR count). The van der Waals surface area contributed by atoms with Crippen LogP contribution in [0.3, 0.4) is 0 Å². The quantitative estimate of drug-likeness (QED) is 0.861. The molecule has 0 aliphatic carbocycles. The van der Waals surface area contributed by atoms with Gasteiger partial charge in [0.15, 0.2) is 5.78 Å². The lowest BCUT2D eigenvalue weighted by Crippen LogP contribution is -2.48. The molecule has 1 aliphatic rings. The van der Waals surface area contributed by atoms with Crippen LogP contribution in [0.15, 0.2) is 15.9 Å². The fourth-order valence-corrected chi connectivity index (χ4v) is 3.78. The van der Waals surface area contributed by atoms with E-state index in [4.69, 9.17) is 0 Å². The maximum Gasteiger partial charge on any atom is 0.179 e. The van der Waals surface area contributed by atoms with Gasteiger partial charge in [0.05, 0.1) is 8.66 Å². The second kappa shape index (κ2) is 5.82. The van der Waals surface area contributed by atoms with Crippen LogP contribution in [0, 0.1) is 5.41 Å². The molecule has 1 aliphatic heterocycles. The smallest absolute Gasteiger partial charge is 0.179 e.